The number of nitrogens with one attached hydrogen (secondary N) is 1. The lowest BCUT2D eigenvalue weighted by Crippen LogP contribution is -2.08. The summed E-state index contributed by atoms with van der Waals surface area (Å²) >= 11 is 0. The summed E-state index contributed by atoms with van der Waals surface area (Å²) in [4.78, 5) is 0. The van der Waals surface area contributed by atoms with Gasteiger partial charge >= 0.3 is 0 Å². The highest BCUT2D eigenvalue weighted by Crippen LogP contribution is 2.53. The van der Waals surface area contributed by atoms with Crippen molar-refractivity contribution in [3.05, 3.63) is 91.0 Å². The largest absolute Gasteiger partial charge is 0.352 e. The Balaban J connectivity index is 1.81. The van der Waals surface area contributed by atoms with Gasteiger partial charge in [-0.1, -0.05) is 72.8 Å². The van der Waals surface area contributed by atoms with Crippen LogP contribution in [0.2, 0.25) is 0 Å². The number of hydrogen-bond acceptors (Lipinski definition) is 1. The van der Waals surface area contributed by atoms with Crippen molar-refractivity contribution < 1.29 is 0 Å². The molecule has 8 rings (SSSR count). The number of aromatic nitrogens is 1. The second-order valence-electron chi connectivity index (χ2n) is 8.28. The minimum Gasteiger partial charge on any atom is -0.352 e. The minimum atomic E-state index is 1.17. The van der Waals surface area contributed by atoms with Crippen LogP contribution in [0.15, 0.2) is 91.0 Å². The first-order chi connectivity index (χ1) is 14.9. The molecule has 30 heavy (non-hydrogen) atoms. The van der Waals surface area contributed by atoms with Crippen molar-refractivity contribution in [3.8, 4) is 27.9 Å². The number of para-hydroxylation sites is 2. The summed E-state index contributed by atoms with van der Waals surface area (Å²) in [6.45, 7) is 0. The zero-order valence-corrected chi connectivity index (χ0v) is 16.1. The van der Waals surface area contributed by atoms with Crippen LogP contribution in [0, 0.1) is 0 Å². The van der Waals surface area contributed by atoms with Gasteiger partial charge in [0.25, 0.3) is 0 Å². The smallest absolute Gasteiger partial charge is 0.0778 e. The number of hydrogen-bond donors (Lipinski definition) is 1. The van der Waals surface area contributed by atoms with E-state index >= 15 is 0 Å². The highest BCUT2D eigenvalue weighted by molar-refractivity contribution is 6.28. The summed E-state index contributed by atoms with van der Waals surface area (Å²) in [7, 11) is 0. The molecule has 1 aromatic heterocycles. The van der Waals surface area contributed by atoms with Gasteiger partial charge in [0.15, 0.2) is 0 Å². The second-order valence-corrected chi connectivity index (χ2v) is 8.28. The lowest BCUT2D eigenvalue weighted by Gasteiger charge is -2.24. The molecule has 138 valence electrons. The average molecular weight is 380 g/mol. The molecule has 2 heteroatoms. The molecule has 0 saturated carbocycles. The van der Waals surface area contributed by atoms with Crippen LogP contribution in [0.1, 0.15) is 0 Å². The van der Waals surface area contributed by atoms with Crippen LogP contribution in [0.3, 0.4) is 0 Å². The molecule has 5 aromatic carbocycles. The van der Waals surface area contributed by atoms with Gasteiger partial charge in [0.05, 0.1) is 28.1 Å². The van der Waals surface area contributed by atoms with Gasteiger partial charge in [0, 0.05) is 21.9 Å². The molecule has 0 aliphatic carbocycles. The summed E-state index contributed by atoms with van der Waals surface area (Å²) in [5.74, 6) is 0. The monoisotopic (exact) mass is 380 g/mol. The quantitative estimate of drug-likeness (QED) is 0.286. The van der Waals surface area contributed by atoms with Crippen LogP contribution >= 0.6 is 0 Å². The van der Waals surface area contributed by atoms with Crippen LogP contribution in [0.25, 0.3) is 60.5 Å². The summed E-state index contributed by atoms with van der Waals surface area (Å²) in [5.41, 5.74) is 11.4. The van der Waals surface area contributed by atoms with E-state index in [0.717, 1.165) is 0 Å². The number of fused-ring (bicyclic) bond motifs is 6. The van der Waals surface area contributed by atoms with Gasteiger partial charge in [-0.25, -0.2) is 0 Å². The van der Waals surface area contributed by atoms with Crippen LogP contribution < -0.4 is 5.32 Å². The molecule has 0 amide bonds. The van der Waals surface area contributed by atoms with E-state index in [2.05, 4.69) is 101 Å². The third-order valence-electron chi connectivity index (χ3n) is 6.81. The van der Waals surface area contributed by atoms with E-state index in [1.807, 2.05) is 0 Å². The van der Waals surface area contributed by atoms with Gasteiger partial charge in [0.2, 0.25) is 0 Å². The van der Waals surface area contributed by atoms with Gasteiger partial charge in [0.1, 0.15) is 0 Å². The van der Waals surface area contributed by atoms with Gasteiger partial charge in [-0.15, -0.1) is 0 Å². The molecule has 6 aromatic rings. The predicted octanol–water partition coefficient (Wildman–Crippen LogP) is 7.64. The number of rotatable bonds is 0. The molecule has 0 spiro atoms. The van der Waals surface area contributed by atoms with Crippen LogP contribution in [-0.2, 0) is 0 Å². The molecular weight excluding hydrogens is 364 g/mol. The maximum absolute atomic E-state index is 3.72. The Kier molecular flexibility index (Phi) is 2.44. The summed E-state index contributed by atoms with van der Waals surface area (Å²) in [5, 5.41) is 8.99. The van der Waals surface area contributed by atoms with Gasteiger partial charge in [-0.2, -0.15) is 0 Å². The Morgan fingerprint density at radius 2 is 1.23 bits per heavy atom. The van der Waals surface area contributed by atoms with E-state index in [1.165, 1.54) is 71.9 Å². The Labute approximate surface area is 173 Å². The predicted molar refractivity (Wildman–Crippen MR) is 126 cm³/mol. The first kappa shape index (κ1) is 14.9. The lowest BCUT2D eigenvalue weighted by molar-refractivity contribution is 1.17. The zero-order chi connectivity index (χ0) is 19.4. The van der Waals surface area contributed by atoms with Crippen LogP contribution in [0.5, 0.6) is 0 Å². The van der Waals surface area contributed by atoms with E-state index in [9.17, 15) is 0 Å². The molecule has 0 bridgehead atoms. The zero-order valence-electron chi connectivity index (χ0n) is 16.1. The van der Waals surface area contributed by atoms with Gasteiger partial charge in [-0.05, 0) is 40.1 Å². The standard InChI is InChI=1S/C28H16N2/c1-2-8-17-16(7-1)15-22-19-10-4-3-9-18(19)20-11-5-13-23-26(20)30-27-21(25(17)28(22)30)12-6-14-24(27)29-23/h1-15,29H. The Morgan fingerprint density at radius 3 is 2.17 bits per heavy atom. The summed E-state index contributed by atoms with van der Waals surface area (Å²) in [6, 6.07) is 33.3. The Hall–Kier alpha value is -4.04. The molecule has 0 saturated heterocycles. The molecular formula is C28H16N2. The van der Waals surface area contributed by atoms with E-state index in [-0.39, 0.29) is 0 Å². The second kappa shape index (κ2) is 4.92. The lowest BCUT2D eigenvalue weighted by atomic mass is 9.91. The fraction of sp³-hybridized carbons (Fsp3) is 0. The van der Waals surface area contributed by atoms with Crippen molar-refractivity contribution in [2.24, 2.45) is 0 Å². The van der Waals surface area contributed by atoms with Crippen LogP contribution in [0.4, 0.5) is 11.4 Å². The molecule has 1 N–H and O–H groups in total. The molecule has 0 unspecified atom stereocenters. The molecule has 3 heterocycles. The molecule has 0 radical (unpaired) electrons. The van der Waals surface area contributed by atoms with E-state index in [0.29, 0.717) is 0 Å². The first-order valence-corrected chi connectivity index (χ1v) is 10.4. The maximum Gasteiger partial charge on any atom is 0.0778 e. The molecule has 2 aliphatic rings. The first-order valence-electron chi connectivity index (χ1n) is 10.4. The van der Waals surface area contributed by atoms with Crippen molar-refractivity contribution in [3.63, 3.8) is 0 Å². The molecule has 0 fully saturated rings. The van der Waals surface area contributed by atoms with Crippen LogP contribution in [-0.4, -0.2) is 4.57 Å². The highest BCUT2D eigenvalue weighted by atomic mass is 15.1. The van der Waals surface area contributed by atoms with Crippen molar-refractivity contribution in [1.82, 2.24) is 4.57 Å². The number of nitrogens with zero attached hydrogens (tertiary/aromatic N) is 1. The fourth-order valence-electron chi connectivity index (χ4n) is 5.67. The van der Waals surface area contributed by atoms with E-state index in [4.69, 9.17) is 0 Å². The third kappa shape index (κ3) is 1.56. The number of benzene rings is 5. The highest BCUT2D eigenvalue weighted by Gasteiger charge is 2.30. The maximum atomic E-state index is 3.72. The minimum absolute atomic E-state index is 1.17. The SMILES string of the molecule is c1ccc2c(c1)-c1cccc3c1-n1c4c(cccc4c4c5ccccc5cc-2c41)N3. The molecule has 0 atom stereocenters. The molecule has 2 aliphatic heterocycles. The number of anilines is 2. The summed E-state index contributed by atoms with van der Waals surface area (Å²) < 4.78 is 2.52. The third-order valence-corrected chi connectivity index (χ3v) is 6.81. The van der Waals surface area contributed by atoms with Gasteiger partial charge in [-0.3, -0.25) is 0 Å². The topological polar surface area (TPSA) is 17.0 Å². The Morgan fingerprint density at radius 1 is 0.533 bits per heavy atom. The summed E-state index contributed by atoms with van der Waals surface area (Å²) in [6.07, 6.45) is 0. The average Bonchev–Trinajstić information content (AvgIpc) is 3.09. The van der Waals surface area contributed by atoms with Crippen molar-refractivity contribution in [2.45, 2.75) is 0 Å². The Bertz CT molecular complexity index is 1720. The van der Waals surface area contributed by atoms with Crippen molar-refractivity contribution in [1.29, 1.82) is 0 Å². The van der Waals surface area contributed by atoms with Gasteiger partial charge < -0.3 is 9.88 Å². The fourth-order valence-corrected chi connectivity index (χ4v) is 5.67. The van der Waals surface area contributed by atoms with Crippen molar-refractivity contribution >= 4 is 44.0 Å². The van der Waals surface area contributed by atoms with E-state index in [1.54, 1.807) is 0 Å². The molecule has 2 nitrogen and oxygen atoms in total. The van der Waals surface area contributed by atoms with E-state index < -0.39 is 0 Å². The van der Waals surface area contributed by atoms with Crippen molar-refractivity contribution in [2.75, 3.05) is 5.32 Å². The normalized spacial score (nSPS) is 12.9.